The minimum atomic E-state index is -3.67. The minimum absolute atomic E-state index is 0. The Kier molecular flexibility index (Phi) is 10.2. The number of hydrogen-bond acceptors (Lipinski definition) is 4. The largest absolute Gasteiger partial charge is 0.356 e. The smallest absolute Gasteiger partial charge is 0.253 e. The van der Waals surface area contributed by atoms with Crippen LogP contribution in [0.5, 0.6) is 0 Å². The first-order chi connectivity index (χ1) is 13.7. The molecule has 0 unspecified atom stereocenters. The topological polar surface area (TPSA) is 117 Å². The zero-order chi connectivity index (χ0) is 21.4. The van der Waals surface area contributed by atoms with Crippen molar-refractivity contribution in [3.8, 4) is 0 Å². The quantitative estimate of drug-likeness (QED) is 0.278. The molecular formula is C20H28IN5O3S. The van der Waals surface area contributed by atoms with E-state index in [2.05, 4.69) is 15.6 Å². The zero-order valence-corrected chi connectivity index (χ0v) is 20.4. The second-order valence-corrected chi connectivity index (χ2v) is 8.25. The van der Waals surface area contributed by atoms with E-state index in [-0.39, 0.29) is 34.8 Å². The molecule has 8 nitrogen and oxygen atoms in total. The standard InChI is InChI=1S/C20H27N5O3S.HI/c1-22-20(23-13-12-15-6-10-18(11-7-15)29(21,27)28)24-14-16-4-8-17(9-5-16)19(26)25(2)3;/h4-11H,12-14H2,1-3H3,(H2,21,27,28)(H2,22,23,24);1H. The monoisotopic (exact) mass is 545 g/mol. The molecular weight excluding hydrogens is 517 g/mol. The molecule has 0 radical (unpaired) electrons. The van der Waals surface area contributed by atoms with E-state index in [4.69, 9.17) is 5.14 Å². The van der Waals surface area contributed by atoms with Crippen molar-refractivity contribution in [2.24, 2.45) is 10.1 Å². The van der Waals surface area contributed by atoms with E-state index in [1.165, 1.54) is 12.1 Å². The lowest BCUT2D eigenvalue weighted by Gasteiger charge is -2.13. The molecule has 0 aliphatic carbocycles. The summed E-state index contributed by atoms with van der Waals surface area (Å²) in [5.74, 6) is 0.624. The Balaban J connectivity index is 0.00000450. The maximum atomic E-state index is 11.9. The van der Waals surface area contributed by atoms with Gasteiger partial charge in [0.25, 0.3) is 5.91 Å². The van der Waals surface area contributed by atoms with Crippen LogP contribution in [-0.4, -0.2) is 52.9 Å². The first-order valence-electron chi connectivity index (χ1n) is 9.07. The van der Waals surface area contributed by atoms with Crippen LogP contribution in [0.4, 0.5) is 0 Å². The maximum absolute atomic E-state index is 11.9. The molecule has 30 heavy (non-hydrogen) atoms. The highest BCUT2D eigenvalue weighted by Crippen LogP contribution is 2.09. The van der Waals surface area contributed by atoms with Crippen molar-refractivity contribution in [1.29, 1.82) is 0 Å². The Morgan fingerprint density at radius 3 is 2.07 bits per heavy atom. The number of carbonyl (C=O) groups excluding carboxylic acids is 1. The van der Waals surface area contributed by atoms with Gasteiger partial charge in [0.2, 0.25) is 10.0 Å². The Hall–Kier alpha value is -2.18. The molecule has 0 atom stereocenters. The highest BCUT2D eigenvalue weighted by molar-refractivity contribution is 14.0. The van der Waals surface area contributed by atoms with Gasteiger partial charge in [-0.3, -0.25) is 9.79 Å². The van der Waals surface area contributed by atoms with Crippen molar-refractivity contribution in [2.45, 2.75) is 17.9 Å². The lowest BCUT2D eigenvalue weighted by Crippen LogP contribution is -2.37. The van der Waals surface area contributed by atoms with Gasteiger partial charge in [0.05, 0.1) is 4.90 Å². The van der Waals surface area contributed by atoms with Crippen LogP contribution in [0.15, 0.2) is 58.4 Å². The van der Waals surface area contributed by atoms with Crippen LogP contribution in [0.3, 0.4) is 0 Å². The second-order valence-electron chi connectivity index (χ2n) is 6.69. The number of carbonyl (C=O) groups is 1. The Bertz CT molecular complexity index is 959. The van der Waals surface area contributed by atoms with Crippen molar-refractivity contribution >= 4 is 45.9 Å². The number of rotatable bonds is 7. The summed E-state index contributed by atoms with van der Waals surface area (Å²) in [6.07, 6.45) is 0.701. The third-order valence-corrected chi connectivity index (χ3v) is 5.18. The van der Waals surface area contributed by atoms with E-state index in [1.807, 2.05) is 12.1 Å². The van der Waals surface area contributed by atoms with Gasteiger partial charge in [0, 0.05) is 39.8 Å². The first-order valence-corrected chi connectivity index (χ1v) is 10.6. The average molecular weight is 545 g/mol. The second kappa shape index (κ2) is 11.9. The molecule has 2 aromatic carbocycles. The molecule has 0 aliphatic rings. The maximum Gasteiger partial charge on any atom is 0.253 e. The third-order valence-electron chi connectivity index (χ3n) is 4.25. The number of nitrogens with zero attached hydrogens (tertiary/aromatic N) is 2. The highest BCUT2D eigenvalue weighted by atomic mass is 127. The third kappa shape index (κ3) is 7.92. The Labute approximate surface area is 195 Å². The number of nitrogens with one attached hydrogen (secondary N) is 2. The van der Waals surface area contributed by atoms with Crippen molar-refractivity contribution in [2.75, 3.05) is 27.7 Å². The molecule has 2 rings (SSSR count). The molecule has 0 heterocycles. The van der Waals surface area contributed by atoms with Crippen LogP contribution < -0.4 is 15.8 Å². The van der Waals surface area contributed by atoms with Crippen LogP contribution in [0.25, 0.3) is 0 Å². The fraction of sp³-hybridized carbons (Fsp3) is 0.300. The van der Waals surface area contributed by atoms with Crippen LogP contribution in [0.2, 0.25) is 0 Å². The first kappa shape index (κ1) is 25.9. The summed E-state index contributed by atoms with van der Waals surface area (Å²) < 4.78 is 22.6. The predicted molar refractivity (Wildman–Crippen MR) is 130 cm³/mol. The molecule has 164 valence electrons. The van der Waals surface area contributed by atoms with E-state index in [0.717, 1.165) is 11.1 Å². The molecule has 0 saturated heterocycles. The molecule has 2 aromatic rings. The fourth-order valence-corrected chi connectivity index (χ4v) is 3.12. The lowest BCUT2D eigenvalue weighted by atomic mass is 10.1. The molecule has 0 aromatic heterocycles. The molecule has 0 bridgehead atoms. The van der Waals surface area contributed by atoms with Gasteiger partial charge in [0.1, 0.15) is 0 Å². The van der Waals surface area contributed by atoms with Gasteiger partial charge >= 0.3 is 0 Å². The van der Waals surface area contributed by atoms with E-state index in [0.29, 0.717) is 31.0 Å². The fourth-order valence-electron chi connectivity index (χ4n) is 2.60. The van der Waals surface area contributed by atoms with Gasteiger partial charge in [0.15, 0.2) is 5.96 Å². The lowest BCUT2D eigenvalue weighted by molar-refractivity contribution is 0.0827. The predicted octanol–water partition coefficient (Wildman–Crippen LogP) is 1.56. The number of benzene rings is 2. The summed E-state index contributed by atoms with van der Waals surface area (Å²) in [5, 5.41) is 11.5. The van der Waals surface area contributed by atoms with Gasteiger partial charge in [-0.05, 0) is 41.8 Å². The van der Waals surface area contributed by atoms with Crippen LogP contribution >= 0.6 is 24.0 Å². The summed E-state index contributed by atoms with van der Waals surface area (Å²) >= 11 is 0. The zero-order valence-electron chi connectivity index (χ0n) is 17.3. The summed E-state index contributed by atoms with van der Waals surface area (Å²) in [7, 11) is 1.47. The number of primary sulfonamides is 1. The minimum Gasteiger partial charge on any atom is -0.356 e. The Morgan fingerprint density at radius 2 is 1.57 bits per heavy atom. The van der Waals surface area contributed by atoms with Gasteiger partial charge < -0.3 is 15.5 Å². The van der Waals surface area contributed by atoms with Crippen LogP contribution in [0, 0.1) is 0 Å². The highest BCUT2D eigenvalue weighted by Gasteiger charge is 2.08. The summed E-state index contributed by atoms with van der Waals surface area (Å²) in [4.78, 5) is 17.7. The summed E-state index contributed by atoms with van der Waals surface area (Å²) in [6, 6.07) is 13.9. The van der Waals surface area contributed by atoms with Crippen molar-refractivity contribution in [3.05, 3.63) is 65.2 Å². The number of aliphatic imine (C=N–C) groups is 1. The SMILES string of the molecule is CN=C(NCCc1ccc(S(N)(=O)=O)cc1)NCc1ccc(C(=O)N(C)C)cc1.I. The van der Waals surface area contributed by atoms with Gasteiger partial charge in [-0.25, -0.2) is 13.6 Å². The summed E-state index contributed by atoms with van der Waals surface area (Å²) in [5.41, 5.74) is 2.66. The normalized spacial score (nSPS) is 11.4. The Morgan fingerprint density at radius 1 is 1.00 bits per heavy atom. The number of amides is 1. The molecule has 0 saturated carbocycles. The number of nitrogens with two attached hydrogens (primary N) is 1. The number of halogens is 1. The molecule has 1 amide bonds. The van der Waals surface area contributed by atoms with Gasteiger partial charge in [-0.1, -0.05) is 24.3 Å². The number of guanidine groups is 1. The van der Waals surface area contributed by atoms with E-state index >= 15 is 0 Å². The number of sulfonamides is 1. The van der Waals surface area contributed by atoms with Gasteiger partial charge in [-0.15, -0.1) is 24.0 Å². The molecule has 4 N–H and O–H groups in total. The van der Waals surface area contributed by atoms with Crippen LogP contribution in [-0.2, 0) is 23.0 Å². The molecule has 0 spiro atoms. The van der Waals surface area contributed by atoms with E-state index in [1.54, 1.807) is 50.3 Å². The van der Waals surface area contributed by atoms with Crippen molar-refractivity contribution in [3.63, 3.8) is 0 Å². The van der Waals surface area contributed by atoms with Gasteiger partial charge in [-0.2, -0.15) is 0 Å². The van der Waals surface area contributed by atoms with E-state index < -0.39 is 10.0 Å². The number of hydrogen-bond donors (Lipinski definition) is 3. The van der Waals surface area contributed by atoms with Crippen molar-refractivity contribution < 1.29 is 13.2 Å². The molecule has 10 heteroatoms. The summed E-state index contributed by atoms with van der Waals surface area (Å²) in [6.45, 7) is 1.20. The molecule has 0 aliphatic heterocycles. The van der Waals surface area contributed by atoms with Crippen molar-refractivity contribution in [1.82, 2.24) is 15.5 Å². The van der Waals surface area contributed by atoms with E-state index in [9.17, 15) is 13.2 Å². The van der Waals surface area contributed by atoms with Crippen LogP contribution in [0.1, 0.15) is 21.5 Å². The average Bonchev–Trinajstić information content (AvgIpc) is 2.70. The molecule has 0 fully saturated rings.